The molecule has 2 rings (SSSR count). The van der Waals surface area contributed by atoms with E-state index in [-0.39, 0.29) is 29.5 Å². The zero-order valence-electron chi connectivity index (χ0n) is 16.3. The van der Waals surface area contributed by atoms with Crippen molar-refractivity contribution in [3.8, 4) is 0 Å². The number of hydrogen-bond donors (Lipinski definition) is 0. The van der Waals surface area contributed by atoms with Crippen LogP contribution in [0.1, 0.15) is 58.7 Å². The van der Waals surface area contributed by atoms with Gasteiger partial charge in [-0.15, -0.1) is 0 Å². The van der Waals surface area contributed by atoms with E-state index >= 15 is 0 Å². The van der Waals surface area contributed by atoms with Gasteiger partial charge in [-0.2, -0.15) is 0 Å². The SMILES string of the molecule is CCc1c(C)nc2n(c1=O)CC(C(=O)N(C(C)CC)C(C)CC)CS2. The Morgan fingerprint density at radius 1 is 1.28 bits per heavy atom. The molecule has 3 atom stereocenters. The van der Waals surface area contributed by atoms with Crippen molar-refractivity contribution < 1.29 is 4.79 Å². The van der Waals surface area contributed by atoms with Crippen LogP contribution in [0, 0.1) is 12.8 Å². The van der Waals surface area contributed by atoms with Gasteiger partial charge in [-0.25, -0.2) is 4.98 Å². The van der Waals surface area contributed by atoms with Gasteiger partial charge in [0.15, 0.2) is 5.16 Å². The number of carbonyl (C=O) groups excluding carboxylic acids is 1. The topological polar surface area (TPSA) is 55.2 Å². The van der Waals surface area contributed by atoms with Crippen LogP contribution in [-0.4, -0.2) is 38.2 Å². The van der Waals surface area contributed by atoms with Crippen LogP contribution < -0.4 is 5.56 Å². The molecule has 0 aromatic carbocycles. The number of fused-ring (bicyclic) bond motifs is 1. The van der Waals surface area contributed by atoms with Crippen molar-refractivity contribution >= 4 is 17.7 Å². The molecule has 1 aromatic heterocycles. The number of thioether (sulfide) groups is 1. The van der Waals surface area contributed by atoms with Crippen molar-refractivity contribution in [3.63, 3.8) is 0 Å². The van der Waals surface area contributed by atoms with Gasteiger partial charge in [0.25, 0.3) is 5.56 Å². The number of aromatic nitrogens is 2. The predicted octanol–water partition coefficient (Wildman–Crippen LogP) is 3.26. The summed E-state index contributed by atoms with van der Waals surface area (Å²) in [6.07, 6.45) is 2.55. The van der Waals surface area contributed by atoms with Crippen LogP contribution in [0.2, 0.25) is 0 Å². The summed E-state index contributed by atoms with van der Waals surface area (Å²) >= 11 is 1.53. The van der Waals surface area contributed by atoms with Crippen molar-refractivity contribution in [2.75, 3.05) is 5.75 Å². The molecule has 1 aromatic rings. The second-order valence-electron chi connectivity index (χ2n) is 7.00. The zero-order chi connectivity index (χ0) is 18.7. The van der Waals surface area contributed by atoms with Crippen molar-refractivity contribution in [1.29, 1.82) is 0 Å². The van der Waals surface area contributed by atoms with Gasteiger partial charge in [-0.05, 0) is 40.0 Å². The average Bonchev–Trinajstić information content (AvgIpc) is 2.61. The molecule has 2 heterocycles. The Morgan fingerprint density at radius 3 is 2.40 bits per heavy atom. The first kappa shape index (κ1) is 20.0. The molecule has 0 aliphatic carbocycles. The summed E-state index contributed by atoms with van der Waals surface area (Å²) in [4.78, 5) is 32.6. The molecule has 25 heavy (non-hydrogen) atoms. The lowest BCUT2D eigenvalue weighted by atomic mass is 10.0. The van der Waals surface area contributed by atoms with Gasteiger partial charge >= 0.3 is 0 Å². The molecule has 0 radical (unpaired) electrons. The summed E-state index contributed by atoms with van der Waals surface area (Å²) in [6, 6.07) is 0.431. The standard InChI is InChI=1S/C19H31N3O2S/c1-7-12(4)22(13(5)8-2)17(23)15-10-21-18(24)16(9-3)14(6)20-19(21)25-11-15/h12-13,15H,7-11H2,1-6H3. The third-order valence-electron chi connectivity index (χ3n) is 5.34. The van der Waals surface area contributed by atoms with Crippen molar-refractivity contribution in [2.45, 2.75) is 84.6 Å². The highest BCUT2D eigenvalue weighted by atomic mass is 32.2. The maximum Gasteiger partial charge on any atom is 0.257 e. The lowest BCUT2D eigenvalue weighted by molar-refractivity contribution is -0.140. The Labute approximate surface area is 155 Å². The first-order chi connectivity index (χ1) is 11.8. The van der Waals surface area contributed by atoms with E-state index in [4.69, 9.17) is 0 Å². The van der Waals surface area contributed by atoms with Crippen LogP contribution in [-0.2, 0) is 17.8 Å². The summed E-state index contributed by atoms with van der Waals surface area (Å²) in [7, 11) is 0. The van der Waals surface area contributed by atoms with Crippen LogP contribution in [0.5, 0.6) is 0 Å². The van der Waals surface area contributed by atoms with E-state index in [0.29, 0.717) is 18.7 Å². The molecular weight excluding hydrogens is 334 g/mol. The summed E-state index contributed by atoms with van der Waals surface area (Å²) in [5, 5.41) is 0.752. The van der Waals surface area contributed by atoms with Crippen LogP contribution in [0.4, 0.5) is 0 Å². The first-order valence-electron chi connectivity index (χ1n) is 9.40. The van der Waals surface area contributed by atoms with Crippen molar-refractivity contribution in [1.82, 2.24) is 14.5 Å². The summed E-state index contributed by atoms with van der Waals surface area (Å²) in [5.41, 5.74) is 1.60. The number of aryl methyl sites for hydroxylation is 1. The fourth-order valence-electron chi connectivity index (χ4n) is 3.42. The molecule has 3 unspecified atom stereocenters. The molecule has 0 N–H and O–H groups in total. The Kier molecular flexibility index (Phi) is 6.72. The number of carbonyl (C=O) groups is 1. The third kappa shape index (κ3) is 3.94. The molecule has 1 aliphatic rings. The minimum Gasteiger partial charge on any atom is -0.337 e. The molecule has 140 valence electrons. The zero-order valence-corrected chi connectivity index (χ0v) is 17.2. The van der Waals surface area contributed by atoms with E-state index in [0.717, 1.165) is 29.3 Å². The molecular formula is C19H31N3O2S. The Morgan fingerprint density at radius 2 is 1.88 bits per heavy atom. The van der Waals surface area contributed by atoms with E-state index < -0.39 is 0 Å². The second-order valence-corrected chi connectivity index (χ2v) is 7.98. The maximum absolute atomic E-state index is 13.2. The first-order valence-corrected chi connectivity index (χ1v) is 10.4. The highest BCUT2D eigenvalue weighted by molar-refractivity contribution is 7.99. The summed E-state index contributed by atoms with van der Waals surface area (Å²) < 4.78 is 1.72. The van der Waals surface area contributed by atoms with Gasteiger partial charge in [0.1, 0.15) is 0 Å². The van der Waals surface area contributed by atoms with Crippen LogP contribution in [0.25, 0.3) is 0 Å². The molecule has 0 bridgehead atoms. The third-order valence-corrected chi connectivity index (χ3v) is 6.48. The van der Waals surface area contributed by atoms with E-state index in [2.05, 4.69) is 32.7 Å². The highest BCUT2D eigenvalue weighted by Gasteiger charge is 2.34. The van der Waals surface area contributed by atoms with Crippen LogP contribution >= 0.6 is 11.8 Å². The van der Waals surface area contributed by atoms with Gasteiger partial charge in [-0.1, -0.05) is 32.5 Å². The summed E-state index contributed by atoms with van der Waals surface area (Å²) in [5.74, 6) is 0.708. The Hall–Kier alpha value is -1.30. The molecule has 0 fully saturated rings. The van der Waals surface area contributed by atoms with Gasteiger partial charge in [-0.3, -0.25) is 14.2 Å². The highest BCUT2D eigenvalue weighted by Crippen LogP contribution is 2.28. The molecule has 1 amide bonds. The lowest BCUT2D eigenvalue weighted by Gasteiger charge is -2.37. The van der Waals surface area contributed by atoms with Gasteiger partial charge < -0.3 is 4.90 Å². The van der Waals surface area contributed by atoms with Gasteiger partial charge in [0, 0.05) is 35.6 Å². The monoisotopic (exact) mass is 365 g/mol. The van der Waals surface area contributed by atoms with Crippen LogP contribution in [0.3, 0.4) is 0 Å². The minimum absolute atomic E-state index is 0.0219. The largest absolute Gasteiger partial charge is 0.337 e. The van der Waals surface area contributed by atoms with Gasteiger partial charge in [0.2, 0.25) is 5.91 Å². The smallest absolute Gasteiger partial charge is 0.257 e. The van der Waals surface area contributed by atoms with Gasteiger partial charge in [0.05, 0.1) is 5.92 Å². The number of hydrogen-bond acceptors (Lipinski definition) is 4. The molecule has 5 nitrogen and oxygen atoms in total. The number of nitrogens with zero attached hydrogens (tertiary/aromatic N) is 3. The van der Waals surface area contributed by atoms with E-state index in [1.54, 1.807) is 4.57 Å². The summed E-state index contributed by atoms with van der Waals surface area (Å²) in [6.45, 7) is 12.8. The molecule has 0 spiro atoms. The molecule has 0 saturated heterocycles. The fraction of sp³-hybridized carbons (Fsp3) is 0.737. The lowest BCUT2D eigenvalue weighted by Crippen LogP contribution is -2.50. The van der Waals surface area contributed by atoms with Crippen molar-refractivity contribution in [3.05, 3.63) is 21.6 Å². The van der Waals surface area contributed by atoms with E-state index in [1.807, 2.05) is 18.7 Å². The number of rotatable bonds is 6. The molecule has 6 heteroatoms. The van der Waals surface area contributed by atoms with E-state index in [1.165, 1.54) is 11.8 Å². The maximum atomic E-state index is 13.2. The Bertz CT molecular complexity index is 676. The molecule has 0 saturated carbocycles. The predicted molar refractivity (Wildman–Crippen MR) is 103 cm³/mol. The Balaban J connectivity index is 2.32. The van der Waals surface area contributed by atoms with Crippen molar-refractivity contribution in [2.24, 2.45) is 5.92 Å². The van der Waals surface area contributed by atoms with Crippen LogP contribution in [0.15, 0.2) is 9.95 Å². The number of amides is 1. The second kappa shape index (κ2) is 8.39. The fourth-order valence-corrected chi connectivity index (χ4v) is 4.54. The molecule has 1 aliphatic heterocycles. The average molecular weight is 366 g/mol. The minimum atomic E-state index is -0.160. The normalized spacial score (nSPS) is 19.2. The van der Waals surface area contributed by atoms with E-state index in [9.17, 15) is 9.59 Å². The quantitative estimate of drug-likeness (QED) is 0.726.